The molecule has 0 aliphatic rings. The summed E-state index contributed by atoms with van der Waals surface area (Å²) in [5.41, 5.74) is 14.1. The zero-order chi connectivity index (χ0) is 31.9. The molecular formula is C47H38. The van der Waals surface area contributed by atoms with Gasteiger partial charge in [0.1, 0.15) is 0 Å². The molecule has 0 bridgehead atoms. The fraction of sp³-hybridized carbons (Fsp3) is 0.106. The molecular weight excluding hydrogens is 565 g/mol. The van der Waals surface area contributed by atoms with Gasteiger partial charge in [-0.2, -0.15) is 0 Å². The van der Waals surface area contributed by atoms with Crippen LogP contribution in [0.4, 0.5) is 0 Å². The highest BCUT2D eigenvalue weighted by Crippen LogP contribution is 2.46. The second kappa shape index (κ2) is 12.0. The quantitative estimate of drug-likeness (QED) is 0.166. The van der Waals surface area contributed by atoms with Crippen LogP contribution < -0.4 is 0 Å². The molecule has 0 heteroatoms. The molecule has 0 heterocycles. The third kappa shape index (κ3) is 5.21. The number of hydrogen-bond acceptors (Lipinski definition) is 0. The van der Waals surface area contributed by atoms with Gasteiger partial charge in [0.05, 0.1) is 0 Å². The topological polar surface area (TPSA) is 0 Å². The van der Waals surface area contributed by atoms with Crippen LogP contribution in [0.5, 0.6) is 0 Å². The van der Waals surface area contributed by atoms with E-state index in [-0.39, 0.29) is 0 Å². The molecule has 0 aliphatic heterocycles. The van der Waals surface area contributed by atoms with Crippen molar-refractivity contribution < 1.29 is 0 Å². The van der Waals surface area contributed by atoms with E-state index in [1.807, 2.05) is 0 Å². The lowest BCUT2D eigenvalue weighted by Crippen LogP contribution is -1.93. The van der Waals surface area contributed by atoms with Crippen molar-refractivity contribution in [2.75, 3.05) is 0 Å². The van der Waals surface area contributed by atoms with E-state index in [9.17, 15) is 0 Å². The summed E-state index contributed by atoms with van der Waals surface area (Å²) in [6, 6.07) is 56.7. The average Bonchev–Trinajstić information content (AvgIpc) is 3.10. The highest BCUT2D eigenvalue weighted by atomic mass is 14.2. The molecule has 0 nitrogen and oxygen atoms in total. The summed E-state index contributed by atoms with van der Waals surface area (Å²) in [5.74, 6) is 0. The van der Waals surface area contributed by atoms with E-state index in [0.29, 0.717) is 0 Å². The van der Waals surface area contributed by atoms with Gasteiger partial charge < -0.3 is 0 Å². The van der Waals surface area contributed by atoms with E-state index in [0.717, 1.165) is 12.8 Å². The van der Waals surface area contributed by atoms with Crippen LogP contribution in [0.25, 0.3) is 76.8 Å². The van der Waals surface area contributed by atoms with Gasteiger partial charge in [-0.05, 0) is 109 Å². The summed E-state index contributed by atoms with van der Waals surface area (Å²) >= 11 is 0. The van der Waals surface area contributed by atoms with Gasteiger partial charge in [0.15, 0.2) is 0 Å². The Balaban J connectivity index is 1.43. The maximum Gasteiger partial charge on any atom is -0.00261 e. The van der Waals surface area contributed by atoms with Gasteiger partial charge in [0.25, 0.3) is 0 Å². The third-order valence-electron chi connectivity index (χ3n) is 9.63. The smallest absolute Gasteiger partial charge is 0.00261 e. The maximum atomic E-state index is 2.44. The molecule has 0 amide bonds. The number of rotatable bonds is 6. The summed E-state index contributed by atoms with van der Waals surface area (Å²) in [7, 11) is 0. The third-order valence-corrected chi connectivity index (χ3v) is 9.63. The Morgan fingerprint density at radius 1 is 0.383 bits per heavy atom. The molecule has 8 aromatic carbocycles. The molecule has 47 heavy (non-hydrogen) atoms. The van der Waals surface area contributed by atoms with Crippen LogP contribution in [0.15, 0.2) is 152 Å². The van der Waals surface area contributed by atoms with E-state index in [1.54, 1.807) is 0 Å². The SMILES string of the molecule is CCCc1ccc(-c2cc(-c3c4ccccc4c(-c4cc(C)cc(C)c4)c4ccccc34)ccc2-c2cccc3ccccc23)cc1. The summed E-state index contributed by atoms with van der Waals surface area (Å²) in [5, 5.41) is 7.67. The Morgan fingerprint density at radius 2 is 0.915 bits per heavy atom. The molecule has 0 aromatic heterocycles. The minimum Gasteiger partial charge on any atom is -0.0651 e. The Morgan fingerprint density at radius 3 is 1.53 bits per heavy atom. The minimum atomic E-state index is 1.10. The van der Waals surface area contributed by atoms with Crippen LogP contribution in [-0.2, 0) is 6.42 Å². The lowest BCUT2D eigenvalue weighted by Gasteiger charge is -2.20. The van der Waals surface area contributed by atoms with Crippen LogP contribution in [-0.4, -0.2) is 0 Å². The van der Waals surface area contributed by atoms with Gasteiger partial charge in [0.2, 0.25) is 0 Å². The zero-order valence-electron chi connectivity index (χ0n) is 27.3. The number of benzene rings is 8. The highest BCUT2D eigenvalue weighted by molar-refractivity contribution is 6.21. The summed E-state index contributed by atoms with van der Waals surface area (Å²) in [4.78, 5) is 0. The Bertz CT molecular complexity index is 2340. The van der Waals surface area contributed by atoms with Crippen molar-refractivity contribution in [1.82, 2.24) is 0 Å². The second-order valence-corrected chi connectivity index (χ2v) is 13.0. The monoisotopic (exact) mass is 602 g/mol. The van der Waals surface area contributed by atoms with Crippen LogP contribution in [0.3, 0.4) is 0 Å². The molecule has 0 N–H and O–H groups in total. The van der Waals surface area contributed by atoms with Gasteiger partial charge in [-0.25, -0.2) is 0 Å². The summed E-state index contributed by atoms with van der Waals surface area (Å²) in [6.45, 7) is 6.64. The molecule has 0 saturated heterocycles. The summed E-state index contributed by atoms with van der Waals surface area (Å²) < 4.78 is 0. The molecule has 0 aliphatic carbocycles. The maximum absolute atomic E-state index is 2.44. The molecule has 0 saturated carbocycles. The predicted molar refractivity (Wildman–Crippen MR) is 204 cm³/mol. The van der Waals surface area contributed by atoms with Crippen LogP contribution in [0.1, 0.15) is 30.0 Å². The largest absolute Gasteiger partial charge is 0.0651 e. The molecule has 8 aromatic rings. The van der Waals surface area contributed by atoms with Gasteiger partial charge in [-0.15, -0.1) is 0 Å². The average molecular weight is 603 g/mol. The molecule has 0 fully saturated rings. The first-order chi connectivity index (χ1) is 23.1. The predicted octanol–water partition coefficient (Wildman–Crippen LogP) is 13.4. The highest BCUT2D eigenvalue weighted by Gasteiger charge is 2.19. The fourth-order valence-corrected chi connectivity index (χ4v) is 7.64. The van der Waals surface area contributed by atoms with Gasteiger partial charge in [-0.3, -0.25) is 0 Å². The van der Waals surface area contributed by atoms with Crippen LogP contribution in [0.2, 0.25) is 0 Å². The standard InChI is InChI=1S/C47H38/c1-4-12-33-21-23-35(24-22-33)45-30-36(25-26-40(45)39-20-11-14-34-13-5-6-15-38(34)39)46-41-16-7-9-18-43(41)47(44-19-10-8-17-42(44)46)37-28-31(2)27-32(3)29-37/h5-11,13-30H,4,12H2,1-3H3. The van der Waals surface area contributed by atoms with E-state index in [2.05, 4.69) is 172 Å². The normalized spacial score (nSPS) is 11.5. The molecule has 8 rings (SSSR count). The summed E-state index contributed by atoms with van der Waals surface area (Å²) in [6.07, 6.45) is 2.25. The van der Waals surface area contributed by atoms with E-state index in [1.165, 1.54) is 93.5 Å². The Labute approximate surface area is 278 Å². The second-order valence-electron chi connectivity index (χ2n) is 13.0. The number of aryl methyl sites for hydroxylation is 3. The van der Waals surface area contributed by atoms with E-state index < -0.39 is 0 Å². The van der Waals surface area contributed by atoms with Crippen LogP contribution in [0, 0.1) is 13.8 Å². The molecule has 0 unspecified atom stereocenters. The van der Waals surface area contributed by atoms with Crippen molar-refractivity contribution in [2.45, 2.75) is 33.6 Å². The number of fused-ring (bicyclic) bond motifs is 3. The van der Waals surface area contributed by atoms with Crippen molar-refractivity contribution in [3.63, 3.8) is 0 Å². The van der Waals surface area contributed by atoms with Gasteiger partial charge in [0, 0.05) is 0 Å². The van der Waals surface area contributed by atoms with E-state index >= 15 is 0 Å². The molecule has 0 spiro atoms. The lowest BCUT2D eigenvalue weighted by atomic mass is 9.83. The molecule has 226 valence electrons. The van der Waals surface area contributed by atoms with Crippen molar-refractivity contribution in [1.29, 1.82) is 0 Å². The fourth-order valence-electron chi connectivity index (χ4n) is 7.64. The lowest BCUT2D eigenvalue weighted by molar-refractivity contribution is 0.922. The van der Waals surface area contributed by atoms with Crippen molar-refractivity contribution in [3.05, 3.63) is 168 Å². The van der Waals surface area contributed by atoms with Crippen molar-refractivity contribution in [2.24, 2.45) is 0 Å². The zero-order valence-corrected chi connectivity index (χ0v) is 27.3. The van der Waals surface area contributed by atoms with Gasteiger partial charge >= 0.3 is 0 Å². The van der Waals surface area contributed by atoms with Crippen LogP contribution >= 0.6 is 0 Å². The first-order valence-corrected chi connectivity index (χ1v) is 16.8. The minimum absolute atomic E-state index is 1.10. The first kappa shape index (κ1) is 29.0. The molecule has 0 atom stereocenters. The van der Waals surface area contributed by atoms with Gasteiger partial charge in [-0.1, -0.05) is 170 Å². The Hall–Kier alpha value is -5.46. The molecule has 0 radical (unpaired) electrons. The first-order valence-electron chi connectivity index (χ1n) is 16.8. The van der Waals surface area contributed by atoms with Crippen molar-refractivity contribution in [3.8, 4) is 44.5 Å². The van der Waals surface area contributed by atoms with E-state index in [4.69, 9.17) is 0 Å². The number of hydrogen-bond donors (Lipinski definition) is 0. The Kier molecular flexibility index (Phi) is 7.43. The van der Waals surface area contributed by atoms with Crippen molar-refractivity contribution >= 4 is 32.3 Å².